The largest absolute Gasteiger partial charge is 0.462 e. The summed E-state index contributed by atoms with van der Waals surface area (Å²) in [6.07, 6.45) is 2.11. The van der Waals surface area contributed by atoms with Gasteiger partial charge in [-0.25, -0.2) is 9.59 Å². The van der Waals surface area contributed by atoms with Crippen LogP contribution in [0.1, 0.15) is 40.5 Å². The highest BCUT2D eigenvalue weighted by molar-refractivity contribution is 5.86. The highest BCUT2D eigenvalue weighted by atomic mass is 16.7. The van der Waals surface area contributed by atoms with E-state index in [1.807, 2.05) is 20.8 Å². The van der Waals surface area contributed by atoms with Crippen LogP contribution in [0.5, 0.6) is 0 Å². The van der Waals surface area contributed by atoms with Gasteiger partial charge in [-0.1, -0.05) is 33.9 Å². The number of esters is 2. The molecule has 1 aliphatic heterocycles. The molecule has 6 nitrogen and oxygen atoms in total. The van der Waals surface area contributed by atoms with Crippen molar-refractivity contribution in [1.29, 1.82) is 0 Å². The Balaban J connectivity index is 2.67. The minimum Gasteiger partial charge on any atom is -0.462 e. The highest BCUT2D eigenvalue weighted by Crippen LogP contribution is 2.37. The fraction of sp³-hybridized carbons (Fsp3) is 0.684. The third-order valence-corrected chi connectivity index (χ3v) is 4.78. The minimum atomic E-state index is -0.495. The molecule has 25 heavy (non-hydrogen) atoms. The maximum Gasteiger partial charge on any atom is 0.333 e. The van der Waals surface area contributed by atoms with Crippen LogP contribution in [0, 0.1) is 10.8 Å². The van der Waals surface area contributed by atoms with E-state index in [4.69, 9.17) is 18.9 Å². The lowest BCUT2D eigenvalue weighted by molar-refractivity contribution is -0.284. The Morgan fingerprint density at radius 3 is 2.32 bits per heavy atom. The molecule has 1 heterocycles. The molecule has 1 aliphatic rings. The summed E-state index contributed by atoms with van der Waals surface area (Å²) in [4.78, 5) is 23.0. The van der Waals surface area contributed by atoms with Crippen LogP contribution >= 0.6 is 0 Å². The van der Waals surface area contributed by atoms with Crippen LogP contribution in [0.4, 0.5) is 0 Å². The monoisotopic (exact) mass is 354 g/mol. The van der Waals surface area contributed by atoms with Crippen LogP contribution < -0.4 is 0 Å². The van der Waals surface area contributed by atoms with E-state index in [0.29, 0.717) is 25.2 Å². The van der Waals surface area contributed by atoms with Gasteiger partial charge in [0, 0.05) is 11.6 Å². The Bertz CT molecular complexity index is 504. The number of rotatable bonds is 9. The Hall–Kier alpha value is -1.66. The first-order valence-electron chi connectivity index (χ1n) is 8.57. The standard InChI is InChI=1S/C19H30O6/c1-7-15(20)22-11-19(9-3)12-24-17(25-13-19)18(6,8-2)10-23-16(21)14(4)5/h7,17H,1,4,8-13H2,2-3,5-6H3. The molecule has 0 aromatic rings. The predicted octanol–water partition coefficient (Wildman–Crippen LogP) is 3.02. The van der Waals surface area contributed by atoms with Crippen molar-refractivity contribution in [3.8, 4) is 0 Å². The van der Waals surface area contributed by atoms with Crippen LogP contribution in [0.3, 0.4) is 0 Å². The van der Waals surface area contributed by atoms with Crippen LogP contribution in [0.2, 0.25) is 0 Å². The second-order valence-electron chi connectivity index (χ2n) is 6.98. The Labute approximate surface area is 150 Å². The number of carbonyl (C=O) groups is 2. The van der Waals surface area contributed by atoms with Crippen molar-refractivity contribution < 1.29 is 28.5 Å². The third-order valence-electron chi connectivity index (χ3n) is 4.78. The van der Waals surface area contributed by atoms with Crippen LogP contribution in [0.15, 0.2) is 24.8 Å². The molecule has 6 heteroatoms. The molecular formula is C19H30O6. The molecule has 0 saturated carbocycles. The molecule has 0 N–H and O–H groups in total. The topological polar surface area (TPSA) is 71.1 Å². The molecule has 0 radical (unpaired) electrons. The number of hydrogen-bond acceptors (Lipinski definition) is 6. The second-order valence-corrected chi connectivity index (χ2v) is 6.98. The van der Waals surface area contributed by atoms with Gasteiger partial charge in [0.2, 0.25) is 0 Å². The number of hydrogen-bond donors (Lipinski definition) is 0. The van der Waals surface area contributed by atoms with E-state index >= 15 is 0 Å². The molecule has 142 valence electrons. The van der Waals surface area contributed by atoms with Crippen molar-refractivity contribution in [2.24, 2.45) is 10.8 Å². The minimum absolute atomic E-state index is 0.185. The molecule has 1 saturated heterocycles. The van der Waals surface area contributed by atoms with Crippen LogP contribution in [-0.4, -0.2) is 44.7 Å². The average molecular weight is 354 g/mol. The lowest BCUT2D eigenvalue weighted by Crippen LogP contribution is -2.51. The summed E-state index contributed by atoms with van der Waals surface area (Å²) < 4.78 is 22.4. The van der Waals surface area contributed by atoms with Gasteiger partial charge in [0.25, 0.3) is 0 Å². The van der Waals surface area contributed by atoms with E-state index in [0.717, 1.165) is 12.5 Å². The Kier molecular flexibility index (Phi) is 7.83. The first kappa shape index (κ1) is 21.4. The quantitative estimate of drug-likeness (QED) is 0.468. The summed E-state index contributed by atoms with van der Waals surface area (Å²) in [5, 5.41) is 0. The summed E-state index contributed by atoms with van der Waals surface area (Å²) in [5.41, 5.74) is -0.487. The van der Waals surface area contributed by atoms with Crippen LogP contribution in [0.25, 0.3) is 0 Å². The fourth-order valence-corrected chi connectivity index (χ4v) is 2.36. The molecule has 0 amide bonds. The predicted molar refractivity (Wildman–Crippen MR) is 93.7 cm³/mol. The normalized spacial score (nSPS) is 25.5. The number of ether oxygens (including phenoxy) is 4. The fourth-order valence-electron chi connectivity index (χ4n) is 2.36. The lowest BCUT2D eigenvalue weighted by Gasteiger charge is -2.44. The summed E-state index contributed by atoms with van der Waals surface area (Å²) in [6, 6.07) is 0. The van der Waals surface area contributed by atoms with E-state index in [-0.39, 0.29) is 18.6 Å². The van der Waals surface area contributed by atoms with E-state index in [9.17, 15) is 9.59 Å². The summed E-state index contributed by atoms with van der Waals surface area (Å²) in [7, 11) is 0. The molecule has 1 unspecified atom stereocenters. The molecule has 1 fully saturated rings. The van der Waals surface area contributed by atoms with Gasteiger partial charge >= 0.3 is 11.9 Å². The molecule has 0 aliphatic carbocycles. The zero-order chi connectivity index (χ0) is 19.1. The lowest BCUT2D eigenvalue weighted by atomic mass is 9.84. The summed E-state index contributed by atoms with van der Waals surface area (Å²) in [6.45, 7) is 15.7. The van der Waals surface area contributed by atoms with Gasteiger partial charge < -0.3 is 18.9 Å². The van der Waals surface area contributed by atoms with Gasteiger partial charge in [0.1, 0.15) is 13.2 Å². The first-order valence-corrected chi connectivity index (χ1v) is 8.57. The van der Waals surface area contributed by atoms with Gasteiger partial charge in [0.05, 0.1) is 24.0 Å². The molecule has 0 aromatic carbocycles. The van der Waals surface area contributed by atoms with Gasteiger partial charge in [-0.15, -0.1) is 0 Å². The van der Waals surface area contributed by atoms with E-state index < -0.39 is 23.6 Å². The van der Waals surface area contributed by atoms with Crippen molar-refractivity contribution in [3.05, 3.63) is 24.8 Å². The first-order chi connectivity index (χ1) is 11.7. The van der Waals surface area contributed by atoms with Crippen molar-refractivity contribution in [1.82, 2.24) is 0 Å². The zero-order valence-corrected chi connectivity index (χ0v) is 15.8. The van der Waals surface area contributed by atoms with Crippen molar-refractivity contribution in [2.75, 3.05) is 26.4 Å². The smallest absolute Gasteiger partial charge is 0.333 e. The average Bonchev–Trinajstić information content (AvgIpc) is 2.64. The number of carbonyl (C=O) groups excluding carboxylic acids is 2. The summed E-state index contributed by atoms with van der Waals surface area (Å²) in [5.74, 6) is -0.880. The maximum absolute atomic E-state index is 11.7. The SMILES string of the molecule is C=CC(=O)OCC1(CC)COC(C(C)(CC)COC(=O)C(=C)C)OC1. The molecule has 0 spiro atoms. The van der Waals surface area contributed by atoms with Gasteiger partial charge in [-0.05, 0) is 19.8 Å². The van der Waals surface area contributed by atoms with Crippen molar-refractivity contribution >= 4 is 11.9 Å². The highest BCUT2D eigenvalue weighted by Gasteiger charge is 2.44. The van der Waals surface area contributed by atoms with Crippen LogP contribution in [-0.2, 0) is 28.5 Å². The Morgan fingerprint density at radius 2 is 1.88 bits per heavy atom. The molecule has 1 atom stereocenters. The van der Waals surface area contributed by atoms with E-state index in [1.165, 1.54) is 0 Å². The van der Waals surface area contributed by atoms with Gasteiger partial charge in [0.15, 0.2) is 6.29 Å². The summed E-state index contributed by atoms with van der Waals surface area (Å²) >= 11 is 0. The molecule has 0 bridgehead atoms. The maximum atomic E-state index is 11.7. The van der Waals surface area contributed by atoms with Gasteiger partial charge in [-0.3, -0.25) is 0 Å². The van der Waals surface area contributed by atoms with Gasteiger partial charge in [-0.2, -0.15) is 0 Å². The zero-order valence-electron chi connectivity index (χ0n) is 15.8. The molecule has 0 aromatic heterocycles. The second kappa shape index (κ2) is 9.15. The molecule has 1 rings (SSSR count). The molecular weight excluding hydrogens is 324 g/mol. The van der Waals surface area contributed by atoms with Crippen molar-refractivity contribution in [2.45, 2.75) is 46.8 Å². The van der Waals surface area contributed by atoms with E-state index in [2.05, 4.69) is 13.2 Å². The van der Waals surface area contributed by atoms with E-state index in [1.54, 1.807) is 6.92 Å². The Morgan fingerprint density at radius 1 is 1.28 bits per heavy atom. The van der Waals surface area contributed by atoms with Crippen molar-refractivity contribution in [3.63, 3.8) is 0 Å². The third kappa shape index (κ3) is 5.68.